The van der Waals surface area contributed by atoms with Crippen LogP contribution in [0, 0.1) is 0 Å². The Labute approximate surface area is 232 Å². The van der Waals surface area contributed by atoms with Crippen molar-refractivity contribution in [1.29, 1.82) is 0 Å². The third kappa shape index (κ3) is 26.8. The molecule has 39 heavy (non-hydrogen) atoms. The summed E-state index contributed by atoms with van der Waals surface area (Å²) in [4.78, 5) is 56.7. The quantitative estimate of drug-likeness (QED) is 0.105. The van der Waals surface area contributed by atoms with Crippen LogP contribution in [0.25, 0.3) is 0 Å². The first kappa shape index (κ1) is 36.5. The number of Topliss-reactive ketones (excluding diaryl/α,β-unsaturated/α-hetero) is 1. The first-order chi connectivity index (χ1) is 18.7. The number of rotatable bonds is 28. The zero-order valence-electron chi connectivity index (χ0n) is 23.7. The van der Waals surface area contributed by atoms with Crippen molar-refractivity contribution in [3.05, 3.63) is 0 Å². The number of hydrogen-bond acceptors (Lipinski definition) is 7. The molecule has 0 spiro atoms. The van der Waals surface area contributed by atoms with Gasteiger partial charge in [-0.1, -0.05) is 64.2 Å². The largest absolute Gasteiger partial charge is 0.481 e. The number of carbonyl (C=O) groups excluding carboxylic acids is 3. The lowest BCUT2D eigenvalue weighted by Gasteiger charge is -2.14. The Morgan fingerprint density at radius 3 is 1.67 bits per heavy atom. The van der Waals surface area contributed by atoms with E-state index in [2.05, 4.69) is 10.6 Å². The molecule has 4 N–H and O–H groups in total. The highest BCUT2D eigenvalue weighted by atomic mass is 16.5. The molecule has 0 aliphatic heterocycles. The van der Waals surface area contributed by atoms with Crippen LogP contribution in [0.4, 0.5) is 0 Å². The lowest BCUT2D eigenvalue weighted by molar-refractivity contribution is -0.142. The molecule has 0 fully saturated rings. The van der Waals surface area contributed by atoms with Crippen molar-refractivity contribution in [2.45, 2.75) is 116 Å². The van der Waals surface area contributed by atoms with Crippen molar-refractivity contribution < 1.29 is 43.7 Å². The molecule has 11 heteroatoms. The van der Waals surface area contributed by atoms with Crippen LogP contribution in [0.2, 0.25) is 0 Å². The first-order valence-electron chi connectivity index (χ1n) is 14.4. The van der Waals surface area contributed by atoms with Crippen LogP contribution in [-0.2, 0) is 33.4 Å². The van der Waals surface area contributed by atoms with Gasteiger partial charge in [0.25, 0.3) is 0 Å². The maximum Gasteiger partial charge on any atom is 0.326 e. The number of hydrogen-bond donors (Lipinski definition) is 4. The molecule has 0 rings (SSSR count). The number of ketones is 1. The van der Waals surface area contributed by atoms with Gasteiger partial charge in [-0.3, -0.25) is 19.2 Å². The Hall–Kier alpha value is -2.53. The fourth-order valence-electron chi connectivity index (χ4n) is 3.92. The molecule has 11 nitrogen and oxygen atoms in total. The van der Waals surface area contributed by atoms with Gasteiger partial charge in [-0.2, -0.15) is 0 Å². The van der Waals surface area contributed by atoms with Gasteiger partial charge in [-0.15, -0.1) is 0 Å². The number of nitrogens with one attached hydrogen (secondary N) is 2. The Balaban J connectivity index is 3.70. The molecule has 0 aromatic heterocycles. The summed E-state index contributed by atoms with van der Waals surface area (Å²) in [5.74, 6) is -2.57. The highest BCUT2D eigenvalue weighted by molar-refractivity contribution is 5.84. The Kier molecular flexibility index (Phi) is 24.1. The van der Waals surface area contributed by atoms with Crippen molar-refractivity contribution in [3.8, 4) is 0 Å². The van der Waals surface area contributed by atoms with Crippen LogP contribution >= 0.6 is 0 Å². The number of ether oxygens (including phenoxy) is 2. The molecule has 0 saturated carbocycles. The summed E-state index contributed by atoms with van der Waals surface area (Å²) in [6.07, 6.45) is 13.0. The van der Waals surface area contributed by atoms with Gasteiger partial charge in [0.2, 0.25) is 11.8 Å². The van der Waals surface area contributed by atoms with Crippen molar-refractivity contribution in [2.75, 3.05) is 33.0 Å². The summed E-state index contributed by atoms with van der Waals surface area (Å²) < 4.78 is 10.3. The predicted octanol–water partition coefficient (Wildman–Crippen LogP) is 3.62. The Morgan fingerprint density at radius 2 is 1.15 bits per heavy atom. The number of unbranched alkanes of at least 4 members (excludes halogenated alkanes) is 11. The Bertz CT molecular complexity index is 701. The van der Waals surface area contributed by atoms with Crippen molar-refractivity contribution in [3.63, 3.8) is 0 Å². The standard InChI is InChI=1S/C28H50N2O9/c1-23(31)22-39-21-20-38-19-18-29-25(32)17-16-24(28(36)37)30-26(33)14-12-10-8-6-4-2-3-5-7-9-11-13-15-27(34)35/h24H,2-22H2,1H3,(H,29,32)(H,30,33)(H,34,35)(H,36,37). The van der Waals surface area contributed by atoms with Crippen molar-refractivity contribution >= 4 is 29.5 Å². The average molecular weight is 559 g/mol. The van der Waals surface area contributed by atoms with Gasteiger partial charge in [-0.05, 0) is 26.2 Å². The van der Waals surface area contributed by atoms with Gasteiger partial charge in [-0.25, -0.2) is 4.79 Å². The number of carboxylic acids is 2. The van der Waals surface area contributed by atoms with E-state index in [0.29, 0.717) is 13.0 Å². The molecular formula is C28H50N2O9. The lowest BCUT2D eigenvalue weighted by atomic mass is 10.0. The second kappa shape index (κ2) is 25.7. The molecule has 0 aromatic rings. The molecule has 0 aromatic carbocycles. The molecule has 0 aliphatic rings. The molecule has 2 amide bonds. The van der Waals surface area contributed by atoms with E-state index in [9.17, 15) is 29.1 Å². The minimum absolute atomic E-state index is 0.00891. The fourth-order valence-corrected chi connectivity index (χ4v) is 3.92. The van der Waals surface area contributed by atoms with Crippen LogP contribution in [0.5, 0.6) is 0 Å². The number of amides is 2. The van der Waals surface area contributed by atoms with Gasteiger partial charge in [0, 0.05) is 25.8 Å². The summed E-state index contributed by atoms with van der Waals surface area (Å²) >= 11 is 0. The minimum atomic E-state index is -1.16. The molecule has 1 unspecified atom stereocenters. The average Bonchev–Trinajstić information content (AvgIpc) is 2.87. The van der Waals surface area contributed by atoms with Gasteiger partial charge in [0.05, 0.1) is 19.8 Å². The van der Waals surface area contributed by atoms with Crippen molar-refractivity contribution in [2.24, 2.45) is 0 Å². The second-order valence-electron chi connectivity index (χ2n) is 9.85. The minimum Gasteiger partial charge on any atom is -0.481 e. The number of carboxylic acid groups (broad SMARTS) is 2. The maximum atomic E-state index is 12.1. The smallest absolute Gasteiger partial charge is 0.326 e. The summed E-state index contributed by atoms with van der Waals surface area (Å²) in [5.41, 5.74) is 0. The number of carbonyl (C=O) groups is 5. The van der Waals surface area contributed by atoms with Gasteiger partial charge < -0.3 is 30.3 Å². The summed E-state index contributed by atoms with van der Waals surface area (Å²) in [6.45, 7) is 2.61. The summed E-state index contributed by atoms with van der Waals surface area (Å²) in [7, 11) is 0. The normalized spacial score (nSPS) is 11.6. The summed E-state index contributed by atoms with van der Waals surface area (Å²) in [5, 5.41) is 23.1. The van der Waals surface area contributed by atoms with E-state index in [4.69, 9.17) is 14.6 Å². The van der Waals surface area contributed by atoms with Crippen LogP contribution < -0.4 is 10.6 Å². The van der Waals surface area contributed by atoms with E-state index in [1.807, 2.05) is 0 Å². The van der Waals surface area contributed by atoms with Crippen LogP contribution in [0.1, 0.15) is 110 Å². The SMILES string of the molecule is CC(=O)COCCOCCNC(=O)CCC(NC(=O)CCCCCCCCCCCCCCC(=O)O)C(=O)O. The van der Waals surface area contributed by atoms with Gasteiger partial charge in [0.15, 0.2) is 5.78 Å². The van der Waals surface area contributed by atoms with Crippen molar-refractivity contribution in [1.82, 2.24) is 10.6 Å². The molecule has 0 bridgehead atoms. The maximum absolute atomic E-state index is 12.1. The first-order valence-corrected chi connectivity index (χ1v) is 14.4. The van der Waals surface area contributed by atoms with E-state index < -0.39 is 18.0 Å². The van der Waals surface area contributed by atoms with Crippen LogP contribution in [0.3, 0.4) is 0 Å². The third-order valence-corrected chi connectivity index (χ3v) is 6.08. The molecule has 0 aliphatic carbocycles. The molecule has 226 valence electrons. The van der Waals surface area contributed by atoms with E-state index >= 15 is 0 Å². The van der Waals surface area contributed by atoms with E-state index in [-0.39, 0.29) is 69.6 Å². The van der Waals surface area contributed by atoms with E-state index in [0.717, 1.165) is 51.4 Å². The molecular weight excluding hydrogens is 508 g/mol. The fraction of sp³-hybridized carbons (Fsp3) is 0.821. The van der Waals surface area contributed by atoms with Gasteiger partial charge in [0.1, 0.15) is 12.6 Å². The van der Waals surface area contributed by atoms with Crippen LogP contribution in [-0.4, -0.2) is 78.8 Å². The Morgan fingerprint density at radius 1 is 0.641 bits per heavy atom. The molecule has 1 atom stereocenters. The molecule has 0 heterocycles. The zero-order chi connectivity index (χ0) is 29.1. The van der Waals surface area contributed by atoms with E-state index in [1.165, 1.54) is 26.2 Å². The zero-order valence-corrected chi connectivity index (χ0v) is 23.7. The third-order valence-electron chi connectivity index (χ3n) is 6.08. The second-order valence-corrected chi connectivity index (χ2v) is 9.85. The summed E-state index contributed by atoms with van der Waals surface area (Å²) in [6, 6.07) is -1.10. The monoisotopic (exact) mass is 558 g/mol. The topological polar surface area (TPSA) is 168 Å². The molecule has 0 radical (unpaired) electrons. The lowest BCUT2D eigenvalue weighted by Crippen LogP contribution is -2.41. The predicted molar refractivity (Wildman–Crippen MR) is 146 cm³/mol. The van der Waals surface area contributed by atoms with Gasteiger partial charge >= 0.3 is 11.9 Å². The number of aliphatic carboxylic acids is 2. The highest BCUT2D eigenvalue weighted by Crippen LogP contribution is 2.13. The van der Waals surface area contributed by atoms with Crippen LogP contribution in [0.15, 0.2) is 0 Å². The molecule has 0 saturated heterocycles. The highest BCUT2D eigenvalue weighted by Gasteiger charge is 2.20. The van der Waals surface area contributed by atoms with E-state index in [1.54, 1.807) is 0 Å².